The summed E-state index contributed by atoms with van der Waals surface area (Å²) in [5.41, 5.74) is 6.52. The number of benzene rings is 1. The Bertz CT molecular complexity index is 609. The van der Waals surface area contributed by atoms with Gasteiger partial charge in [0, 0.05) is 13.2 Å². The van der Waals surface area contributed by atoms with Crippen molar-refractivity contribution < 1.29 is 4.79 Å². The quantitative estimate of drug-likeness (QED) is 0.890. The molecule has 0 radical (unpaired) electrons. The Morgan fingerprint density at radius 1 is 1.44 bits per heavy atom. The van der Waals surface area contributed by atoms with Crippen molar-refractivity contribution in [3.63, 3.8) is 0 Å². The number of nitrogens with zero attached hydrogens (tertiary/aromatic N) is 2. The Morgan fingerprint density at radius 2 is 2.17 bits per heavy atom. The SMILES string of the molecule is Cn1cc(N)c(C(=O)Nc2cccc(Cl)c2Cl)n1. The van der Waals surface area contributed by atoms with Crippen molar-refractivity contribution >= 4 is 40.5 Å². The molecule has 18 heavy (non-hydrogen) atoms. The van der Waals surface area contributed by atoms with Gasteiger partial charge in [-0.1, -0.05) is 29.3 Å². The van der Waals surface area contributed by atoms with Gasteiger partial charge in [0.1, 0.15) is 0 Å². The molecule has 0 unspecified atom stereocenters. The third-order valence-electron chi connectivity index (χ3n) is 2.27. The summed E-state index contributed by atoms with van der Waals surface area (Å²) in [5, 5.41) is 7.22. The van der Waals surface area contributed by atoms with Crippen LogP contribution < -0.4 is 11.1 Å². The zero-order valence-corrected chi connectivity index (χ0v) is 11.0. The Kier molecular flexibility index (Phi) is 3.45. The molecule has 0 bridgehead atoms. The second-order valence-electron chi connectivity index (χ2n) is 3.66. The molecule has 0 aliphatic heterocycles. The maximum Gasteiger partial charge on any atom is 0.278 e. The van der Waals surface area contributed by atoms with Crippen LogP contribution in [0.4, 0.5) is 11.4 Å². The number of aryl methyl sites for hydroxylation is 1. The van der Waals surface area contributed by atoms with E-state index in [1.807, 2.05) is 0 Å². The largest absolute Gasteiger partial charge is 0.396 e. The zero-order valence-electron chi connectivity index (χ0n) is 9.45. The minimum atomic E-state index is -0.433. The summed E-state index contributed by atoms with van der Waals surface area (Å²) in [6.45, 7) is 0. The van der Waals surface area contributed by atoms with Crippen molar-refractivity contribution in [3.8, 4) is 0 Å². The fourth-order valence-electron chi connectivity index (χ4n) is 1.47. The lowest BCUT2D eigenvalue weighted by Crippen LogP contribution is -2.14. The van der Waals surface area contributed by atoms with Crippen molar-refractivity contribution in [3.05, 3.63) is 40.1 Å². The molecule has 0 fully saturated rings. The minimum Gasteiger partial charge on any atom is -0.396 e. The van der Waals surface area contributed by atoms with E-state index in [-0.39, 0.29) is 10.7 Å². The molecule has 7 heteroatoms. The van der Waals surface area contributed by atoms with Gasteiger partial charge in [0.25, 0.3) is 5.91 Å². The first kappa shape index (κ1) is 12.7. The highest BCUT2D eigenvalue weighted by atomic mass is 35.5. The van der Waals surface area contributed by atoms with Gasteiger partial charge in [0.15, 0.2) is 5.69 Å². The first-order valence-corrected chi connectivity index (χ1v) is 5.79. The number of hydrogen-bond donors (Lipinski definition) is 2. The lowest BCUT2D eigenvalue weighted by atomic mass is 10.3. The first-order chi connectivity index (χ1) is 8.49. The van der Waals surface area contributed by atoms with E-state index in [1.165, 1.54) is 4.68 Å². The highest BCUT2D eigenvalue weighted by Gasteiger charge is 2.15. The number of anilines is 2. The van der Waals surface area contributed by atoms with E-state index in [0.29, 0.717) is 16.4 Å². The van der Waals surface area contributed by atoms with Gasteiger partial charge in [0.2, 0.25) is 0 Å². The monoisotopic (exact) mass is 284 g/mol. The molecule has 0 aliphatic rings. The van der Waals surface area contributed by atoms with Crippen molar-refractivity contribution in [1.82, 2.24) is 9.78 Å². The molecule has 5 nitrogen and oxygen atoms in total. The topological polar surface area (TPSA) is 72.9 Å². The third-order valence-corrected chi connectivity index (χ3v) is 3.09. The van der Waals surface area contributed by atoms with Crippen molar-refractivity contribution in [1.29, 1.82) is 0 Å². The Hall–Kier alpha value is -1.72. The standard InChI is InChI=1S/C11H10Cl2N4O/c1-17-5-7(14)10(16-17)11(18)15-8-4-2-3-6(12)9(8)13/h2-5H,14H2,1H3,(H,15,18). The number of hydrogen-bond acceptors (Lipinski definition) is 3. The predicted octanol–water partition coefficient (Wildman–Crippen LogP) is 2.56. The number of rotatable bonds is 2. The number of nitrogen functional groups attached to an aromatic ring is 1. The van der Waals surface area contributed by atoms with Crippen molar-refractivity contribution in [2.75, 3.05) is 11.1 Å². The molecule has 2 aromatic rings. The fourth-order valence-corrected chi connectivity index (χ4v) is 1.81. The van der Waals surface area contributed by atoms with Crippen LogP contribution in [0.15, 0.2) is 24.4 Å². The Labute approximate surface area is 113 Å². The van der Waals surface area contributed by atoms with E-state index >= 15 is 0 Å². The van der Waals surface area contributed by atoms with Gasteiger partial charge in [-0.05, 0) is 12.1 Å². The Morgan fingerprint density at radius 3 is 2.78 bits per heavy atom. The van der Waals surface area contributed by atoms with E-state index in [9.17, 15) is 4.79 Å². The van der Waals surface area contributed by atoms with Gasteiger partial charge in [0.05, 0.1) is 21.4 Å². The lowest BCUT2D eigenvalue weighted by molar-refractivity contribution is 0.102. The fraction of sp³-hybridized carbons (Fsp3) is 0.0909. The maximum absolute atomic E-state index is 11.9. The summed E-state index contributed by atoms with van der Waals surface area (Å²) in [7, 11) is 1.68. The second-order valence-corrected chi connectivity index (χ2v) is 4.45. The van der Waals surface area contributed by atoms with Crippen LogP contribution in [0.25, 0.3) is 0 Å². The summed E-state index contributed by atoms with van der Waals surface area (Å²) in [5.74, 6) is -0.433. The number of amides is 1. The summed E-state index contributed by atoms with van der Waals surface area (Å²) in [4.78, 5) is 11.9. The molecule has 94 valence electrons. The molecule has 2 rings (SSSR count). The van der Waals surface area contributed by atoms with Gasteiger partial charge in [-0.3, -0.25) is 9.48 Å². The number of nitrogens with one attached hydrogen (secondary N) is 1. The van der Waals surface area contributed by atoms with E-state index in [0.717, 1.165) is 0 Å². The van der Waals surface area contributed by atoms with Gasteiger partial charge in [-0.15, -0.1) is 0 Å². The van der Waals surface area contributed by atoms with Crippen LogP contribution in [0.5, 0.6) is 0 Å². The molecular weight excluding hydrogens is 275 g/mol. The number of halogens is 2. The molecule has 0 saturated heterocycles. The summed E-state index contributed by atoms with van der Waals surface area (Å²) >= 11 is 11.8. The van der Waals surface area contributed by atoms with Crippen LogP contribution in [0.1, 0.15) is 10.5 Å². The van der Waals surface area contributed by atoms with E-state index in [2.05, 4.69) is 10.4 Å². The molecule has 0 aliphatic carbocycles. The van der Waals surface area contributed by atoms with Crippen LogP contribution in [-0.2, 0) is 7.05 Å². The van der Waals surface area contributed by atoms with Crippen LogP contribution in [0, 0.1) is 0 Å². The molecule has 0 spiro atoms. The third kappa shape index (κ3) is 2.42. The highest BCUT2D eigenvalue weighted by molar-refractivity contribution is 6.44. The van der Waals surface area contributed by atoms with Crippen molar-refractivity contribution in [2.45, 2.75) is 0 Å². The summed E-state index contributed by atoms with van der Waals surface area (Å²) < 4.78 is 1.46. The average Bonchev–Trinajstić information content (AvgIpc) is 2.64. The Balaban J connectivity index is 2.27. The number of nitrogens with two attached hydrogens (primary N) is 1. The second kappa shape index (κ2) is 4.88. The number of carbonyl (C=O) groups is 1. The van der Waals surface area contributed by atoms with Gasteiger partial charge in [-0.2, -0.15) is 5.10 Å². The predicted molar refractivity (Wildman–Crippen MR) is 72.0 cm³/mol. The molecule has 0 saturated carbocycles. The maximum atomic E-state index is 11.9. The molecule has 1 heterocycles. The van der Waals surface area contributed by atoms with Crippen LogP contribution in [0.3, 0.4) is 0 Å². The summed E-state index contributed by atoms with van der Waals surface area (Å²) in [6.07, 6.45) is 1.55. The van der Waals surface area contributed by atoms with Crippen LogP contribution in [0.2, 0.25) is 10.0 Å². The first-order valence-electron chi connectivity index (χ1n) is 5.03. The molecule has 3 N–H and O–H groups in total. The minimum absolute atomic E-state index is 0.147. The van der Waals surface area contributed by atoms with E-state index in [4.69, 9.17) is 28.9 Å². The molecule has 1 aromatic carbocycles. The normalized spacial score (nSPS) is 10.4. The van der Waals surface area contributed by atoms with E-state index in [1.54, 1.807) is 31.4 Å². The molecular formula is C11H10Cl2N4O. The molecule has 0 atom stereocenters. The van der Waals surface area contributed by atoms with Gasteiger partial charge in [-0.25, -0.2) is 0 Å². The average molecular weight is 285 g/mol. The van der Waals surface area contributed by atoms with Gasteiger partial charge >= 0.3 is 0 Å². The van der Waals surface area contributed by atoms with Crippen molar-refractivity contribution in [2.24, 2.45) is 7.05 Å². The van der Waals surface area contributed by atoms with Gasteiger partial charge < -0.3 is 11.1 Å². The molecule has 1 aromatic heterocycles. The zero-order chi connectivity index (χ0) is 13.3. The molecule has 1 amide bonds. The van der Waals surface area contributed by atoms with Crippen LogP contribution >= 0.6 is 23.2 Å². The number of carbonyl (C=O) groups excluding carboxylic acids is 1. The van der Waals surface area contributed by atoms with E-state index < -0.39 is 5.91 Å². The smallest absolute Gasteiger partial charge is 0.278 e. The summed E-state index contributed by atoms with van der Waals surface area (Å²) in [6, 6.07) is 4.96. The highest BCUT2D eigenvalue weighted by Crippen LogP contribution is 2.29. The number of aromatic nitrogens is 2. The van der Waals surface area contributed by atoms with Crippen LogP contribution in [-0.4, -0.2) is 15.7 Å². The lowest BCUT2D eigenvalue weighted by Gasteiger charge is -2.06.